The van der Waals surface area contributed by atoms with E-state index >= 15 is 0 Å². The fourth-order valence-corrected chi connectivity index (χ4v) is 6.68. The van der Waals surface area contributed by atoms with Gasteiger partial charge >= 0.3 is 5.97 Å². The Labute approximate surface area is 222 Å². The van der Waals surface area contributed by atoms with Crippen molar-refractivity contribution in [1.82, 2.24) is 9.80 Å². The number of amides is 2. The Hall–Kier alpha value is -2.19. The number of likely N-dealkylation sites (tertiary alicyclic amines) is 1. The first kappa shape index (κ1) is 29.4. The zero-order valence-electron chi connectivity index (χ0n) is 23.0. The van der Waals surface area contributed by atoms with Crippen LogP contribution in [0, 0.1) is 17.8 Å². The van der Waals surface area contributed by atoms with Crippen LogP contribution < -0.4 is 0 Å². The first-order chi connectivity index (χ1) is 17.7. The zero-order valence-corrected chi connectivity index (χ0v) is 23.0. The molecule has 3 saturated heterocycles. The van der Waals surface area contributed by atoms with Crippen LogP contribution in [0.15, 0.2) is 25.3 Å². The number of hydrogen-bond acceptors (Lipinski definition) is 6. The van der Waals surface area contributed by atoms with E-state index in [4.69, 9.17) is 9.47 Å². The maximum atomic E-state index is 14.2. The van der Waals surface area contributed by atoms with E-state index in [1.807, 2.05) is 19.9 Å². The van der Waals surface area contributed by atoms with Gasteiger partial charge in [-0.1, -0.05) is 38.8 Å². The molecule has 2 bridgehead atoms. The summed E-state index contributed by atoms with van der Waals surface area (Å²) in [5, 5.41) is 9.53. The van der Waals surface area contributed by atoms with Crippen LogP contribution in [0.3, 0.4) is 0 Å². The lowest BCUT2D eigenvalue weighted by molar-refractivity contribution is -0.162. The van der Waals surface area contributed by atoms with Crippen LogP contribution >= 0.6 is 0 Å². The number of nitrogens with zero attached hydrogens (tertiary/aromatic N) is 2. The van der Waals surface area contributed by atoms with Gasteiger partial charge in [-0.3, -0.25) is 14.4 Å². The fraction of sp³-hybridized carbons (Fsp3) is 0.759. The van der Waals surface area contributed by atoms with Crippen molar-refractivity contribution in [2.75, 3.05) is 32.8 Å². The smallest absolute Gasteiger partial charge is 0.312 e. The predicted molar refractivity (Wildman–Crippen MR) is 141 cm³/mol. The van der Waals surface area contributed by atoms with E-state index < -0.39 is 35.0 Å². The molecule has 1 spiro atoms. The molecule has 2 amide bonds. The standard InChI is InChI=1S/C29H46N2O6/c1-6-9-11-13-19-36-27(35)23-22-25(33)31(17-14-18-32)24(29(22)20-21(4)28(23,5)37-29)26(34)30(15-8-3)16-12-10-7-2/h6,8,21-24,32H,1,3,7,9-20H2,2,4-5H3/t21?,22-,23+,24?,28-,29?/m0/s1. The minimum absolute atomic E-state index is 0.0316. The van der Waals surface area contributed by atoms with Crippen LogP contribution in [0.1, 0.15) is 72.1 Å². The van der Waals surface area contributed by atoms with Gasteiger partial charge in [0.25, 0.3) is 0 Å². The predicted octanol–water partition coefficient (Wildman–Crippen LogP) is 3.48. The van der Waals surface area contributed by atoms with Crippen molar-refractivity contribution in [3.8, 4) is 0 Å². The highest BCUT2D eigenvalue weighted by Crippen LogP contribution is 2.65. The number of aliphatic hydroxyl groups excluding tert-OH is 1. The molecule has 3 heterocycles. The van der Waals surface area contributed by atoms with Gasteiger partial charge in [0.15, 0.2) is 0 Å². The molecule has 208 valence electrons. The van der Waals surface area contributed by atoms with Crippen molar-refractivity contribution < 1.29 is 29.0 Å². The van der Waals surface area contributed by atoms with Gasteiger partial charge in [0.1, 0.15) is 17.6 Å². The molecular formula is C29H46N2O6. The lowest BCUT2D eigenvalue weighted by atomic mass is 9.62. The summed E-state index contributed by atoms with van der Waals surface area (Å²) in [6.07, 6.45) is 9.75. The summed E-state index contributed by atoms with van der Waals surface area (Å²) in [5.41, 5.74) is -1.97. The Morgan fingerprint density at radius 2 is 1.97 bits per heavy atom. The average Bonchev–Trinajstić information content (AvgIpc) is 3.38. The van der Waals surface area contributed by atoms with Gasteiger partial charge < -0.3 is 24.4 Å². The van der Waals surface area contributed by atoms with Crippen LogP contribution in [0.2, 0.25) is 0 Å². The quantitative estimate of drug-likeness (QED) is 0.191. The molecule has 8 heteroatoms. The first-order valence-corrected chi connectivity index (χ1v) is 14.0. The Balaban J connectivity index is 1.94. The van der Waals surface area contributed by atoms with Crippen LogP contribution in [0.5, 0.6) is 0 Å². The van der Waals surface area contributed by atoms with Gasteiger partial charge in [-0.2, -0.15) is 0 Å². The van der Waals surface area contributed by atoms with Crippen molar-refractivity contribution in [2.24, 2.45) is 17.8 Å². The van der Waals surface area contributed by atoms with E-state index in [1.165, 1.54) is 0 Å². The molecule has 0 aromatic rings. The van der Waals surface area contributed by atoms with Crippen molar-refractivity contribution in [1.29, 1.82) is 0 Å². The second-order valence-electron chi connectivity index (χ2n) is 11.0. The summed E-state index contributed by atoms with van der Waals surface area (Å²) in [4.78, 5) is 44.9. The van der Waals surface area contributed by atoms with E-state index in [0.717, 1.165) is 38.5 Å². The maximum absolute atomic E-state index is 14.2. The maximum Gasteiger partial charge on any atom is 0.312 e. The number of hydrogen-bond donors (Lipinski definition) is 1. The summed E-state index contributed by atoms with van der Waals surface area (Å²) < 4.78 is 12.4. The molecule has 37 heavy (non-hydrogen) atoms. The Morgan fingerprint density at radius 1 is 1.22 bits per heavy atom. The SMILES string of the molecule is C=CCCCCOC(=O)[C@H]1[C@H]2C(=O)N(CCCO)C(C(=O)N(CC=C)CCCCC)C23CC(C)[C@]1(C)O3. The van der Waals surface area contributed by atoms with E-state index in [1.54, 1.807) is 15.9 Å². The summed E-state index contributed by atoms with van der Waals surface area (Å²) >= 11 is 0. The van der Waals surface area contributed by atoms with Crippen molar-refractivity contribution in [2.45, 2.75) is 89.4 Å². The van der Waals surface area contributed by atoms with Gasteiger partial charge in [0, 0.05) is 26.2 Å². The third-order valence-corrected chi connectivity index (χ3v) is 8.60. The second kappa shape index (κ2) is 12.6. The normalized spacial score (nSPS) is 31.9. The number of fused-ring (bicyclic) bond motifs is 1. The number of esters is 1. The highest BCUT2D eigenvalue weighted by molar-refractivity contribution is 5.98. The van der Waals surface area contributed by atoms with E-state index in [0.29, 0.717) is 25.9 Å². The lowest BCUT2D eigenvalue weighted by Crippen LogP contribution is -2.56. The van der Waals surface area contributed by atoms with Gasteiger partial charge in [-0.15, -0.1) is 13.2 Å². The lowest BCUT2D eigenvalue weighted by Gasteiger charge is -2.37. The molecule has 3 fully saturated rings. The van der Waals surface area contributed by atoms with Crippen molar-refractivity contribution in [3.63, 3.8) is 0 Å². The minimum atomic E-state index is -1.09. The fourth-order valence-electron chi connectivity index (χ4n) is 6.68. The molecule has 0 saturated carbocycles. The van der Waals surface area contributed by atoms with Gasteiger partial charge in [-0.05, 0) is 51.4 Å². The molecule has 6 atom stereocenters. The number of aliphatic hydroxyl groups is 1. The number of ether oxygens (including phenoxy) is 2. The molecule has 3 aliphatic heterocycles. The summed E-state index contributed by atoms with van der Waals surface area (Å²) in [6, 6.07) is -0.840. The molecule has 0 radical (unpaired) electrons. The summed E-state index contributed by atoms with van der Waals surface area (Å²) in [7, 11) is 0. The molecule has 8 nitrogen and oxygen atoms in total. The molecule has 1 N–H and O–H groups in total. The number of rotatable bonds is 16. The van der Waals surface area contributed by atoms with Gasteiger partial charge in [0.2, 0.25) is 11.8 Å². The van der Waals surface area contributed by atoms with Crippen LogP contribution in [-0.2, 0) is 23.9 Å². The molecule has 3 unspecified atom stereocenters. The molecule has 3 aliphatic rings. The Kier molecular flexibility index (Phi) is 9.98. The Morgan fingerprint density at radius 3 is 2.62 bits per heavy atom. The summed E-state index contributed by atoms with van der Waals surface area (Å²) in [6.45, 7) is 15.0. The molecule has 0 aliphatic carbocycles. The number of allylic oxidation sites excluding steroid dienone is 1. The third kappa shape index (κ3) is 5.37. The van der Waals surface area contributed by atoms with Gasteiger partial charge in [0.05, 0.1) is 18.1 Å². The zero-order chi connectivity index (χ0) is 27.2. The van der Waals surface area contributed by atoms with Crippen molar-refractivity contribution >= 4 is 17.8 Å². The summed E-state index contributed by atoms with van der Waals surface area (Å²) in [5.74, 6) is -2.42. The molecule has 3 rings (SSSR count). The number of carbonyl (C=O) groups excluding carboxylic acids is 3. The number of unbranched alkanes of at least 4 members (excludes halogenated alkanes) is 4. The third-order valence-electron chi connectivity index (χ3n) is 8.60. The number of carbonyl (C=O) groups is 3. The first-order valence-electron chi connectivity index (χ1n) is 14.0. The largest absolute Gasteiger partial charge is 0.465 e. The average molecular weight is 519 g/mol. The highest BCUT2D eigenvalue weighted by Gasteiger charge is 2.80. The molecular weight excluding hydrogens is 472 g/mol. The minimum Gasteiger partial charge on any atom is -0.465 e. The van der Waals surface area contributed by atoms with E-state index in [9.17, 15) is 19.5 Å². The Bertz CT molecular complexity index is 861. The second-order valence-corrected chi connectivity index (χ2v) is 11.0. The molecule has 0 aromatic carbocycles. The van der Waals surface area contributed by atoms with Crippen molar-refractivity contribution in [3.05, 3.63) is 25.3 Å². The topological polar surface area (TPSA) is 96.4 Å². The van der Waals surface area contributed by atoms with Crippen LogP contribution in [0.25, 0.3) is 0 Å². The van der Waals surface area contributed by atoms with E-state index in [2.05, 4.69) is 20.1 Å². The van der Waals surface area contributed by atoms with E-state index in [-0.39, 0.29) is 37.5 Å². The highest BCUT2D eigenvalue weighted by atomic mass is 16.6. The van der Waals surface area contributed by atoms with Crippen LogP contribution in [0.4, 0.5) is 0 Å². The van der Waals surface area contributed by atoms with Gasteiger partial charge in [-0.25, -0.2) is 0 Å². The molecule has 0 aromatic heterocycles. The van der Waals surface area contributed by atoms with Crippen LogP contribution in [-0.4, -0.2) is 82.8 Å². The monoisotopic (exact) mass is 518 g/mol.